The molecule has 1 heterocycles. The van der Waals surface area contributed by atoms with Gasteiger partial charge in [-0.2, -0.15) is 0 Å². The smallest absolute Gasteiger partial charge is 0.316 e. The Balaban J connectivity index is 1.76. The van der Waals surface area contributed by atoms with Crippen molar-refractivity contribution in [1.29, 1.82) is 0 Å². The van der Waals surface area contributed by atoms with Gasteiger partial charge in [0, 0.05) is 23.1 Å². The second-order valence-corrected chi connectivity index (χ2v) is 7.09. The number of amides is 1. The van der Waals surface area contributed by atoms with Crippen LogP contribution in [0.5, 0.6) is 0 Å². The lowest BCUT2D eigenvalue weighted by Gasteiger charge is -2.11. The Bertz CT molecular complexity index is 1130. The number of hydrogen-bond acceptors (Lipinski definition) is 3. The molecule has 0 spiro atoms. The van der Waals surface area contributed by atoms with Crippen LogP contribution in [-0.4, -0.2) is 15.0 Å². The van der Waals surface area contributed by atoms with E-state index in [0.29, 0.717) is 10.7 Å². The van der Waals surface area contributed by atoms with Gasteiger partial charge in [0.15, 0.2) is 0 Å². The molecule has 3 aromatic rings. The first-order valence-electron chi connectivity index (χ1n) is 8.75. The van der Waals surface area contributed by atoms with Gasteiger partial charge in [0.25, 0.3) is 0 Å². The van der Waals surface area contributed by atoms with Gasteiger partial charge in [-0.15, -0.1) is 0 Å². The summed E-state index contributed by atoms with van der Waals surface area (Å²) >= 11 is 5.86. The van der Waals surface area contributed by atoms with Crippen molar-refractivity contribution in [3.63, 3.8) is 0 Å². The highest BCUT2D eigenvalue weighted by Crippen LogP contribution is 2.16. The van der Waals surface area contributed by atoms with Gasteiger partial charge in [-0.1, -0.05) is 35.9 Å². The molecule has 1 amide bonds. The summed E-state index contributed by atoms with van der Waals surface area (Å²) < 4.78 is 2.42. The summed E-state index contributed by atoms with van der Waals surface area (Å²) in [6.07, 6.45) is 2.95. The molecule has 0 fully saturated rings. The number of benzene rings is 2. The summed E-state index contributed by atoms with van der Waals surface area (Å²) in [5.74, 6) is -0.370. The molecule has 28 heavy (non-hydrogen) atoms. The van der Waals surface area contributed by atoms with Crippen LogP contribution < -0.4 is 16.4 Å². The number of hydrogen-bond donors (Lipinski definition) is 1. The third-order valence-corrected chi connectivity index (χ3v) is 4.63. The van der Waals surface area contributed by atoms with Crippen LogP contribution >= 0.6 is 11.6 Å². The van der Waals surface area contributed by atoms with E-state index in [4.69, 9.17) is 11.6 Å². The normalized spacial score (nSPS) is 10.7. The Morgan fingerprint density at radius 1 is 0.964 bits per heavy atom. The van der Waals surface area contributed by atoms with Gasteiger partial charge in [-0.25, -0.2) is 0 Å². The largest absolute Gasteiger partial charge is 0.324 e. The fraction of sp³-hybridized carbons (Fsp3) is 0.190. The number of aromatic nitrogens is 2. The average Bonchev–Trinajstić information content (AvgIpc) is 2.66. The van der Waals surface area contributed by atoms with Crippen molar-refractivity contribution in [2.45, 2.75) is 26.9 Å². The third kappa shape index (κ3) is 4.58. The Morgan fingerprint density at radius 2 is 1.61 bits per heavy atom. The number of anilines is 1. The maximum atomic E-state index is 12.4. The number of nitrogens with one attached hydrogen (secondary N) is 1. The molecule has 1 N–H and O–H groups in total. The lowest BCUT2D eigenvalue weighted by atomic mass is 10.1. The average molecular weight is 398 g/mol. The van der Waals surface area contributed by atoms with Gasteiger partial charge in [0.05, 0.1) is 6.54 Å². The zero-order chi connectivity index (χ0) is 20.3. The lowest BCUT2D eigenvalue weighted by molar-refractivity contribution is -0.116. The maximum absolute atomic E-state index is 12.4. The van der Waals surface area contributed by atoms with Gasteiger partial charge in [-0.05, 0) is 48.7 Å². The molecule has 0 bridgehead atoms. The third-order valence-electron chi connectivity index (χ3n) is 4.38. The van der Waals surface area contributed by atoms with E-state index in [0.717, 1.165) is 21.3 Å². The SMILES string of the molecule is Cc1ccc(C)c(NC(=O)Cn2ccn(Cc3ccc(Cl)cc3)c(=O)c2=O)c1. The highest BCUT2D eigenvalue weighted by Gasteiger charge is 2.10. The number of nitrogens with zero attached hydrogens (tertiary/aromatic N) is 2. The molecule has 0 saturated heterocycles. The van der Waals surface area contributed by atoms with Crippen LogP contribution in [0.15, 0.2) is 64.4 Å². The molecule has 0 unspecified atom stereocenters. The van der Waals surface area contributed by atoms with Crippen molar-refractivity contribution in [3.8, 4) is 0 Å². The Labute approximate surface area is 167 Å². The molecule has 0 aliphatic heterocycles. The Kier molecular flexibility index (Phi) is 5.80. The van der Waals surface area contributed by atoms with E-state index >= 15 is 0 Å². The first-order chi connectivity index (χ1) is 13.3. The van der Waals surface area contributed by atoms with E-state index in [1.807, 2.05) is 32.0 Å². The molecule has 0 saturated carbocycles. The number of rotatable bonds is 5. The van der Waals surface area contributed by atoms with Crippen LogP contribution in [0, 0.1) is 13.8 Å². The van der Waals surface area contributed by atoms with E-state index in [-0.39, 0.29) is 19.0 Å². The van der Waals surface area contributed by atoms with Gasteiger partial charge < -0.3 is 9.88 Å². The first-order valence-corrected chi connectivity index (χ1v) is 9.13. The summed E-state index contributed by atoms with van der Waals surface area (Å²) in [5.41, 5.74) is 2.04. The summed E-state index contributed by atoms with van der Waals surface area (Å²) in [6.45, 7) is 3.84. The predicted molar refractivity (Wildman–Crippen MR) is 110 cm³/mol. The molecule has 0 aliphatic carbocycles. The van der Waals surface area contributed by atoms with E-state index < -0.39 is 11.1 Å². The van der Waals surface area contributed by atoms with Crippen molar-refractivity contribution in [1.82, 2.24) is 9.13 Å². The van der Waals surface area contributed by atoms with Gasteiger partial charge in [0.2, 0.25) is 5.91 Å². The molecule has 0 aliphatic rings. The minimum Gasteiger partial charge on any atom is -0.324 e. The van der Waals surface area contributed by atoms with Crippen LogP contribution in [-0.2, 0) is 17.9 Å². The fourth-order valence-corrected chi connectivity index (χ4v) is 2.92. The minimum atomic E-state index is -0.743. The summed E-state index contributed by atoms with van der Waals surface area (Å²) in [6, 6.07) is 12.8. The minimum absolute atomic E-state index is 0.233. The molecule has 3 rings (SSSR count). The number of carbonyl (C=O) groups is 1. The quantitative estimate of drug-likeness (QED) is 0.673. The Morgan fingerprint density at radius 3 is 2.32 bits per heavy atom. The van der Waals surface area contributed by atoms with Crippen LogP contribution in [0.2, 0.25) is 5.02 Å². The molecule has 144 valence electrons. The van der Waals surface area contributed by atoms with Crippen molar-refractivity contribution >= 4 is 23.2 Å². The molecule has 0 radical (unpaired) electrons. The lowest BCUT2D eigenvalue weighted by Crippen LogP contribution is -2.42. The molecule has 7 heteroatoms. The highest BCUT2D eigenvalue weighted by atomic mass is 35.5. The molecule has 6 nitrogen and oxygen atoms in total. The predicted octanol–water partition coefficient (Wildman–Crippen LogP) is 2.97. The van der Waals surface area contributed by atoms with Crippen LogP contribution in [0.1, 0.15) is 16.7 Å². The summed E-state index contributed by atoms with van der Waals surface area (Å²) in [7, 11) is 0. The van der Waals surface area contributed by atoms with Crippen LogP contribution in [0.3, 0.4) is 0 Å². The summed E-state index contributed by atoms with van der Waals surface area (Å²) in [4.78, 5) is 37.1. The zero-order valence-corrected chi connectivity index (χ0v) is 16.4. The van der Waals surface area contributed by atoms with Gasteiger partial charge in [0.1, 0.15) is 6.54 Å². The second-order valence-electron chi connectivity index (χ2n) is 6.66. The zero-order valence-electron chi connectivity index (χ0n) is 15.6. The van der Waals surface area contributed by atoms with Crippen LogP contribution in [0.4, 0.5) is 5.69 Å². The topological polar surface area (TPSA) is 73.1 Å². The number of aryl methyl sites for hydroxylation is 2. The summed E-state index contributed by atoms with van der Waals surface area (Å²) in [5, 5.41) is 3.38. The highest BCUT2D eigenvalue weighted by molar-refractivity contribution is 6.30. The standard InChI is InChI=1S/C21H20ClN3O3/c1-14-3-4-15(2)18(11-14)23-19(26)13-25-10-9-24(20(27)21(25)28)12-16-5-7-17(22)8-6-16/h3-11H,12-13H2,1-2H3,(H,23,26). The molecular formula is C21H20ClN3O3. The van der Waals surface area contributed by atoms with Crippen molar-refractivity contribution in [2.75, 3.05) is 5.32 Å². The number of carbonyl (C=O) groups excluding carboxylic acids is 1. The molecular weight excluding hydrogens is 378 g/mol. The Hall–Kier alpha value is -3.12. The van der Waals surface area contributed by atoms with Crippen molar-refractivity contribution in [3.05, 3.63) is 97.3 Å². The van der Waals surface area contributed by atoms with E-state index in [9.17, 15) is 14.4 Å². The maximum Gasteiger partial charge on any atom is 0.316 e. The van der Waals surface area contributed by atoms with Gasteiger partial charge in [-0.3, -0.25) is 19.0 Å². The van der Waals surface area contributed by atoms with Crippen molar-refractivity contribution < 1.29 is 4.79 Å². The monoisotopic (exact) mass is 397 g/mol. The van der Waals surface area contributed by atoms with Crippen molar-refractivity contribution in [2.24, 2.45) is 0 Å². The first kappa shape index (κ1) is 19.6. The molecule has 2 aromatic carbocycles. The van der Waals surface area contributed by atoms with Gasteiger partial charge >= 0.3 is 11.1 Å². The fourth-order valence-electron chi connectivity index (χ4n) is 2.79. The van der Waals surface area contributed by atoms with E-state index in [2.05, 4.69) is 5.32 Å². The van der Waals surface area contributed by atoms with E-state index in [1.54, 1.807) is 24.3 Å². The molecule has 1 aromatic heterocycles. The molecule has 0 atom stereocenters. The van der Waals surface area contributed by atoms with E-state index in [1.165, 1.54) is 17.0 Å². The number of halogens is 1. The van der Waals surface area contributed by atoms with Crippen LogP contribution in [0.25, 0.3) is 0 Å². The second kappa shape index (κ2) is 8.27.